The average Bonchev–Trinajstić information content (AvgIpc) is 2.94. The number of benzene rings is 2. The topological polar surface area (TPSA) is 21.3 Å². The van der Waals surface area contributed by atoms with E-state index in [9.17, 15) is 0 Å². The van der Waals surface area contributed by atoms with Gasteiger partial charge in [-0.05, 0) is 16.7 Å². The van der Waals surface area contributed by atoms with Crippen molar-refractivity contribution in [1.29, 1.82) is 0 Å². The molecule has 1 aliphatic rings. The van der Waals surface area contributed by atoms with Gasteiger partial charge in [-0.15, -0.1) is 0 Å². The Labute approximate surface area is 120 Å². The van der Waals surface area contributed by atoms with Gasteiger partial charge in [-0.1, -0.05) is 56.3 Å². The van der Waals surface area contributed by atoms with Crippen molar-refractivity contribution in [1.82, 2.24) is 5.32 Å². The quantitative estimate of drug-likeness (QED) is 0.910. The molecule has 2 aromatic rings. The highest BCUT2D eigenvalue weighted by atomic mass is 16.5. The van der Waals surface area contributed by atoms with Crippen LogP contribution in [-0.4, -0.2) is 12.6 Å². The fourth-order valence-corrected chi connectivity index (χ4v) is 2.57. The molecule has 3 rings (SSSR count). The third kappa shape index (κ3) is 2.70. The number of fused-ring (bicyclic) bond motifs is 1. The normalized spacial score (nSPS) is 13.3. The minimum atomic E-state index is 0.514. The van der Waals surface area contributed by atoms with Crippen molar-refractivity contribution in [3.63, 3.8) is 0 Å². The van der Waals surface area contributed by atoms with Crippen LogP contribution in [0.5, 0.6) is 5.75 Å². The first-order valence-electron chi connectivity index (χ1n) is 7.31. The first-order chi connectivity index (χ1) is 9.74. The van der Waals surface area contributed by atoms with Gasteiger partial charge in [0.15, 0.2) is 0 Å². The van der Waals surface area contributed by atoms with Gasteiger partial charge < -0.3 is 10.1 Å². The standard InChI is InChI=1S/C18H21NO/c1-13(2)19-12-14-6-8-15(9-7-14)17-5-3-4-16-10-11-20-18(16)17/h3-9,13,19H,10-12H2,1-2H3. The molecule has 0 bridgehead atoms. The first-order valence-corrected chi connectivity index (χ1v) is 7.31. The van der Waals surface area contributed by atoms with Gasteiger partial charge in [-0.3, -0.25) is 0 Å². The second-order valence-corrected chi connectivity index (χ2v) is 5.62. The Kier molecular flexibility index (Phi) is 3.75. The van der Waals surface area contributed by atoms with E-state index in [0.717, 1.165) is 25.3 Å². The molecule has 0 aromatic heterocycles. The highest BCUT2D eigenvalue weighted by molar-refractivity contribution is 5.73. The molecule has 1 N–H and O–H groups in total. The van der Waals surface area contributed by atoms with Crippen molar-refractivity contribution in [2.24, 2.45) is 0 Å². The molecule has 104 valence electrons. The molecule has 0 fully saturated rings. The van der Waals surface area contributed by atoms with Crippen LogP contribution in [0, 0.1) is 0 Å². The zero-order valence-corrected chi connectivity index (χ0v) is 12.1. The van der Waals surface area contributed by atoms with E-state index in [1.807, 2.05) is 0 Å². The van der Waals surface area contributed by atoms with E-state index in [-0.39, 0.29) is 0 Å². The van der Waals surface area contributed by atoms with Crippen LogP contribution < -0.4 is 10.1 Å². The molecule has 0 spiro atoms. The lowest BCUT2D eigenvalue weighted by Crippen LogP contribution is -2.21. The summed E-state index contributed by atoms with van der Waals surface area (Å²) in [6.45, 7) is 6.06. The molecule has 2 nitrogen and oxygen atoms in total. The number of rotatable bonds is 4. The third-order valence-corrected chi connectivity index (χ3v) is 3.69. The van der Waals surface area contributed by atoms with E-state index in [1.54, 1.807) is 0 Å². The smallest absolute Gasteiger partial charge is 0.130 e. The number of nitrogens with one attached hydrogen (secondary N) is 1. The molecule has 0 radical (unpaired) electrons. The molecular weight excluding hydrogens is 246 g/mol. The molecular formula is C18H21NO. The fourth-order valence-electron chi connectivity index (χ4n) is 2.57. The number of para-hydroxylation sites is 1. The summed E-state index contributed by atoms with van der Waals surface area (Å²) in [5, 5.41) is 3.44. The summed E-state index contributed by atoms with van der Waals surface area (Å²) in [7, 11) is 0. The highest BCUT2D eigenvalue weighted by Gasteiger charge is 2.16. The monoisotopic (exact) mass is 267 g/mol. The summed E-state index contributed by atoms with van der Waals surface area (Å²) >= 11 is 0. The van der Waals surface area contributed by atoms with Crippen LogP contribution in [0.1, 0.15) is 25.0 Å². The third-order valence-electron chi connectivity index (χ3n) is 3.69. The highest BCUT2D eigenvalue weighted by Crippen LogP contribution is 2.36. The Bertz CT molecular complexity index is 587. The molecule has 2 aromatic carbocycles. The van der Waals surface area contributed by atoms with Crippen molar-refractivity contribution < 1.29 is 4.74 Å². The van der Waals surface area contributed by atoms with E-state index in [0.29, 0.717) is 6.04 Å². The van der Waals surface area contributed by atoms with Crippen molar-refractivity contribution in [3.8, 4) is 16.9 Å². The van der Waals surface area contributed by atoms with Gasteiger partial charge >= 0.3 is 0 Å². The minimum absolute atomic E-state index is 0.514. The van der Waals surface area contributed by atoms with Crippen LogP contribution in [0.15, 0.2) is 42.5 Å². The summed E-state index contributed by atoms with van der Waals surface area (Å²) in [6, 6.07) is 15.7. The van der Waals surface area contributed by atoms with Crippen LogP contribution >= 0.6 is 0 Å². The average molecular weight is 267 g/mol. The predicted molar refractivity (Wildman–Crippen MR) is 83.1 cm³/mol. The van der Waals surface area contributed by atoms with Crippen molar-refractivity contribution in [2.45, 2.75) is 32.9 Å². The van der Waals surface area contributed by atoms with Gasteiger partial charge in [0.05, 0.1) is 6.61 Å². The lowest BCUT2D eigenvalue weighted by atomic mass is 10.00. The molecule has 1 heterocycles. The lowest BCUT2D eigenvalue weighted by molar-refractivity contribution is 0.358. The molecule has 2 heteroatoms. The first kappa shape index (κ1) is 13.2. The Morgan fingerprint density at radius 1 is 1.10 bits per heavy atom. The van der Waals surface area contributed by atoms with Gasteiger partial charge in [0.25, 0.3) is 0 Å². The van der Waals surface area contributed by atoms with Gasteiger partial charge in [0, 0.05) is 24.6 Å². The van der Waals surface area contributed by atoms with Crippen molar-refractivity contribution >= 4 is 0 Å². The molecule has 0 amide bonds. The molecule has 0 saturated heterocycles. The Morgan fingerprint density at radius 3 is 2.65 bits per heavy atom. The van der Waals surface area contributed by atoms with Crippen LogP contribution in [0.3, 0.4) is 0 Å². The number of ether oxygens (including phenoxy) is 1. The summed E-state index contributed by atoms with van der Waals surface area (Å²) in [5.74, 6) is 1.07. The van der Waals surface area contributed by atoms with Crippen LogP contribution in [-0.2, 0) is 13.0 Å². The van der Waals surface area contributed by atoms with Gasteiger partial charge in [0.2, 0.25) is 0 Å². The second kappa shape index (κ2) is 5.68. The zero-order chi connectivity index (χ0) is 13.9. The summed E-state index contributed by atoms with van der Waals surface area (Å²) in [4.78, 5) is 0. The van der Waals surface area contributed by atoms with Crippen molar-refractivity contribution in [3.05, 3.63) is 53.6 Å². The lowest BCUT2D eigenvalue weighted by Gasteiger charge is -2.10. The molecule has 20 heavy (non-hydrogen) atoms. The van der Waals surface area contributed by atoms with E-state index in [1.165, 1.54) is 22.3 Å². The molecule has 0 unspecified atom stereocenters. The maximum absolute atomic E-state index is 5.78. The summed E-state index contributed by atoms with van der Waals surface area (Å²) in [5.41, 5.74) is 5.09. The van der Waals surface area contributed by atoms with Crippen molar-refractivity contribution in [2.75, 3.05) is 6.61 Å². The number of hydrogen-bond acceptors (Lipinski definition) is 2. The minimum Gasteiger partial charge on any atom is -0.492 e. The van der Waals surface area contributed by atoms with Crippen LogP contribution in [0.4, 0.5) is 0 Å². The SMILES string of the molecule is CC(C)NCc1ccc(-c2cccc3c2OCC3)cc1. The molecule has 0 saturated carbocycles. The van der Waals surface area contributed by atoms with Gasteiger partial charge in [0.1, 0.15) is 5.75 Å². The Morgan fingerprint density at radius 2 is 1.90 bits per heavy atom. The van der Waals surface area contributed by atoms with Gasteiger partial charge in [-0.2, -0.15) is 0 Å². The number of hydrogen-bond donors (Lipinski definition) is 1. The summed E-state index contributed by atoms with van der Waals surface area (Å²) in [6.07, 6.45) is 1.03. The largest absolute Gasteiger partial charge is 0.492 e. The molecule has 0 atom stereocenters. The van der Waals surface area contributed by atoms with E-state index < -0.39 is 0 Å². The maximum atomic E-state index is 5.78. The molecule has 0 aliphatic carbocycles. The Hall–Kier alpha value is -1.80. The zero-order valence-electron chi connectivity index (χ0n) is 12.1. The Balaban J connectivity index is 1.83. The second-order valence-electron chi connectivity index (χ2n) is 5.62. The van der Waals surface area contributed by atoms with Crippen LogP contribution in [0.2, 0.25) is 0 Å². The molecule has 1 aliphatic heterocycles. The van der Waals surface area contributed by atoms with Gasteiger partial charge in [-0.25, -0.2) is 0 Å². The van der Waals surface area contributed by atoms with E-state index in [4.69, 9.17) is 4.74 Å². The van der Waals surface area contributed by atoms with E-state index >= 15 is 0 Å². The van der Waals surface area contributed by atoms with E-state index in [2.05, 4.69) is 61.6 Å². The predicted octanol–water partition coefficient (Wildman–Crippen LogP) is 3.79. The fraction of sp³-hybridized carbons (Fsp3) is 0.333. The van der Waals surface area contributed by atoms with Crippen LogP contribution in [0.25, 0.3) is 11.1 Å². The summed E-state index contributed by atoms with van der Waals surface area (Å²) < 4.78 is 5.78. The maximum Gasteiger partial charge on any atom is 0.130 e.